The number of aryl methyl sites for hydroxylation is 1. The molecule has 1 unspecified atom stereocenters. The summed E-state index contributed by atoms with van der Waals surface area (Å²) in [6.07, 6.45) is 6.27. The van der Waals surface area contributed by atoms with E-state index in [1.165, 1.54) is 42.3 Å². The topological polar surface area (TPSA) is 29.9 Å². The van der Waals surface area contributed by atoms with Crippen molar-refractivity contribution in [2.45, 2.75) is 58.0 Å². The lowest BCUT2D eigenvalue weighted by Crippen LogP contribution is -2.43. The number of benzene rings is 1. The number of hydrogen-bond acceptors (Lipinski definition) is 2. The van der Waals surface area contributed by atoms with Crippen molar-refractivity contribution in [3.05, 3.63) is 30.0 Å². The van der Waals surface area contributed by atoms with Gasteiger partial charge in [0.2, 0.25) is 0 Å². The molecular weight excluding hydrogens is 246 g/mol. The average molecular weight is 271 g/mol. The molecule has 0 saturated carbocycles. The number of hydrogen-bond donors (Lipinski definition) is 1. The summed E-state index contributed by atoms with van der Waals surface area (Å²) in [6, 6.07) is 8.62. The standard InChI is InChI=1S/C17H25N3/c1-3-20-16-10-6-5-9-14(16)15(19-20)13-17(2)11-7-4-8-12-18-17/h5-6,9-10,18H,3-4,7-8,11-13H2,1-2H3. The lowest BCUT2D eigenvalue weighted by Gasteiger charge is -2.28. The predicted molar refractivity (Wildman–Crippen MR) is 84.0 cm³/mol. The van der Waals surface area contributed by atoms with Gasteiger partial charge in [-0.1, -0.05) is 31.0 Å². The molecule has 3 nitrogen and oxygen atoms in total. The van der Waals surface area contributed by atoms with E-state index in [9.17, 15) is 0 Å². The third-order valence-corrected chi connectivity index (χ3v) is 4.55. The second kappa shape index (κ2) is 5.57. The van der Waals surface area contributed by atoms with E-state index in [0.29, 0.717) is 0 Å². The van der Waals surface area contributed by atoms with Crippen LogP contribution in [-0.2, 0) is 13.0 Å². The van der Waals surface area contributed by atoms with E-state index < -0.39 is 0 Å². The van der Waals surface area contributed by atoms with Crippen molar-refractivity contribution in [2.75, 3.05) is 6.54 Å². The molecule has 3 heteroatoms. The van der Waals surface area contributed by atoms with Gasteiger partial charge in [-0.3, -0.25) is 4.68 Å². The Balaban J connectivity index is 1.93. The fourth-order valence-electron chi connectivity index (χ4n) is 3.38. The largest absolute Gasteiger partial charge is 0.311 e. The van der Waals surface area contributed by atoms with Crippen molar-refractivity contribution in [1.29, 1.82) is 0 Å². The molecule has 108 valence electrons. The number of para-hydroxylation sites is 1. The average Bonchev–Trinajstić information content (AvgIpc) is 2.65. The number of aromatic nitrogens is 2. The molecule has 1 aliphatic heterocycles. The molecule has 2 heterocycles. The molecule has 2 aromatic rings. The van der Waals surface area contributed by atoms with Crippen LogP contribution >= 0.6 is 0 Å². The van der Waals surface area contributed by atoms with E-state index in [1.54, 1.807) is 0 Å². The van der Waals surface area contributed by atoms with Crippen molar-refractivity contribution >= 4 is 10.9 Å². The highest BCUT2D eigenvalue weighted by molar-refractivity contribution is 5.82. The highest BCUT2D eigenvalue weighted by Crippen LogP contribution is 2.26. The van der Waals surface area contributed by atoms with Crippen molar-refractivity contribution in [3.63, 3.8) is 0 Å². The second-order valence-electron chi connectivity index (χ2n) is 6.25. The smallest absolute Gasteiger partial charge is 0.0721 e. The monoisotopic (exact) mass is 271 g/mol. The summed E-state index contributed by atoms with van der Waals surface area (Å²) in [7, 11) is 0. The van der Waals surface area contributed by atoms with Crippen LogP contribution < -0.4 is 5.32 Å². The van der Waals surface area contributed by atoms with Gasteiger partial charge in [-0.2, -0.15) is 5.10 Å². The number of nitrogens with one attached hydrogen (secondary N) is 1. The van der Waals surface area contributed by atoms with Crippen LogP contribution in [0.3, 0.4) is 0 Å². The van der Waals surface area contributed by atoms with Gasteiger partial charge in [-0.15, -0.1) is 0 Å². The van der Waals surface area contributed by atoms with E-state index >= 15 is 0 Å². The van der Waals surface area contributed by atoms with Crippen LogP contribution in [0.5, 0.6) is 0 Å². The molecular formula is C17H25N3. The Bertz CT molecular complexity index is 577. The molecule has 1 N–H and O–H groups in total. The summed E-state index contributed by atoms with van der Waals surface area (Å²) < 4.78 is 2.13. The van der Waals surface area contributed by atoms with Crippen LogP contribution in [0, 0.1) is 0 Å². The van der Waals surface area contributed by atoms with E-state index in [-0.39, 0.29) is 5.54 Å². The molecule has 20 heavy (non-hydrogen) atoms. The van der Waals surface area contributed by atoms with Crippen molar-refractivity contribution < 1.29 is 0 Å². The number of nitrogens with zero attached hydrogens (tertiary/aromatic N) is 2. The minimum absolute atomic E-state index is 0.201. The lowest BCUT2D eigenvalue weighted by atomic mass is 9.90. The van der Waals surface area contributed by atoms with Crippen molar-refractivity contribution in [1.82, 2.24) is 15.1 Å². The summed E-state index contributed by atoms with van der Waals surface area (Å²) in [5.41, 5.74) is 2.72. The van der Waals surface area contributed by atoms with Gasteiger partial charge in [0.05, 0.1) is 11.2 Å². The molecule has 1 saturated heterocycles. The highest BCUT2D eigenvalue weighted by Gasteiger charge is 2.27. The van der Waals surface area contributed by atoms with Crippen LogP contribution in [0.25, 0.3) is 10.9 Å². The van der Waals surface area contributed by atoms with Crippen LogP contribution in [-0.4, -0.2) is 21.9 Å². The zero-order valence-electron chi connectivity index (χ0n) is 12.7. The maximum absolute atomic E-state index is 4.85. The van der Waals surface area contributed by atoms with Gasteiger partial charge in [0.25, 0.3) is 0 Å². The molecule has 1 atom stereocenters. The molecule has 3 rings (SSSR count). The Morgan fingerprint density at radius 1 is 1.25 bits per heavy atom. The molecule has 1 aliphatic rings. The Morgan fingerprint density at radius 3 is 2.95 bits per heavy atom. The van der Waals surface area contributed by atoms with Crippen LogP contribution in [0.2, 0.25) is 0 Å². The van der Waals surface area contributed by atoms with Crippen LogP contribution in [0.15, 0.2) is 24.3 Å². The zero-order valence-corrected chi connectivity index (χ0v) is 12.7. The highest BCUT2D eigenvalue weighted by atomic mass is 15.3. The summed E-state index contributed by atoms with van der Waals surface area (Å²) >= 11 is 0. The van der Waals surface area contributed by atoms with Gasteiger partial charge in [0.1, 0.15) is 0 Å². The molecule has 0 spiro atoms. The maximum Gasteiger partial charge on any atom is 0.0721 e. The Kier molecular flexibility index (Phi) is 3.79. The van der Waals surface area contributed by atoms with E-state index in [0.717, 1.165) is 19.5 Å². The van der Waals surface area contributed by atoms with Crippen LogP contribution in [0.4, 0.5) is 0 Å². The number of rotatable bonds is 3. The third-order valence-electron chi connectivity index (χ3n) is 4.55. The summed E-state index contributed by atoms with van der Waals surface area (Å²) in [6.45, 7) is 6.60. The second-order valence-corrected chi connectivity index (χ2v) is 6.25. The minimum atomic E-state index is 0.201. The molecule has 0 radical (unpaired) electrons. The van der Waals surface area contributed by atoms with Gasteiger partial charge in [0.15, 0.2) is 0 Å². The Hall–Kier alpha value is -1.35. The maximum atomic E-state index is 4.85. The SMILES string of the molecule is CCn1nc(CC2(C)CCCCCN2)c2ccccc21. The zero-order chi connectivity index (χ0) is 14.0. The Labute approximate surface area is 121 Å². The van der Waals surface area contributed by atoms with Gasteiger partial charge >= 0.3 is 0 Å². The summed E-state index contributed by atoms with van der Waals surface area (Å²) in [4.78, 5) is 0. The van der Waals surface area contributed by atoms with Gasteiger partial charge < -0.3 is 5.32 Å². The van der Waals surface area contributed by atoms with Crippen molar-refractivity contribution in [2.24, 2.45) is 0 Å². The molecule has 1 fully saturated rings. The predicted octanol–water partition coefficient (Wildman–Crippen LogP) is 3.52. The number of fused-ring (bicyclic) bond motifs is 1. The summed E-state index contributed by atoms with van der Waals surface area (Å²) in [5.74, 6) is 0. The fourth-order valence-corrected chi connectivity index (χ4v) is 3.38. The summed E-state index contributed by atoms with van der Waals surface area (Å²) in [5, 5.41) is 9.92. The third kappa shape index (κ3) is 2.59. The van der Waals surface area contributed by atoms with E-state index in [1.807, 2.05) is 0 Å². The first-order valence-electron chi connectivity index (χ1n) is 7.91. The Morgan fingerprint density at radius 2 is 2.10 bits per heavy atom. The first-order chi connectivity index (χ1) is 9.72. The quantitative estimate of drug-likeness (QED) is 0.925. The van der Waals surface area contributed by atoms with Gasteiger partial charge in [-0.25, -0.2) is 0 Å². The molecule has 1 aromatic heterocycles. The van der Waals surface area contributed by atoms with Gasteiger partial charge in [0, 0.05) is 23.9 Å². The van der Waals surface area contributed by atoms with E-state index in [2.05, 4.69) is 48.1 Å². The fraction of sp³-hybridized carbons (Fsp3) is 0.588. The van der Waals surface area contributed by atoms with Gasteiger partial charge in [-0.05, 0) is 39.3 Å². The minimum Gasteiger partial charge on any atom is -0.311 e. The molecule has 1 aromatic carbocycles. The first-order valence-corrected chi connectivity index (χ1v) is 7.91. The molecule has 0 aliphatic carbocycles. The van der Waals surface area contributed by atoms with Crippen molar-refractivity contribution in [3.8, 4) is 0 Å². The molecule has 0 bridgehead atoms. The van der Waals surface area contributed by atoms with Crippen LogP contribution in [0.1, 0.15) is 45.2 Å². The first kappa shape index (κ1) is 13.6. The lowest BCUT2D eigenvalue weighted by molar-refractivity contribution is 0.342. The molecule has 0 amide bonds. The van der Waals surface area contributed by atoms with E-state index in [4.69, 9.17) is 5.10 Å². The normalized spacial score (nSPS) is 23.9.